The van der Waals surface area contributed by atoms with E-state index in [1.807, 2.05) is 0 Å². The summed E-state index contributed by atoms with van der Waals surface area (Å²) in [6.45, 7) is 0. The Bertz CT molecular complexity index is 1310. The fourth-order valence-corrected chi connectivity index (χ4v) is 3.64. The van der Waals surface area contributed by atoms with Crippen molar-refractivity contribution >= 4 is 28.1 Å². The fourth-order valence-electron chi connectivity index (χ4n) is 2.71. The molecular weight excluding hydrogens is 428 g/mol. The van der Waals surface area contributed by atoms with E-state index in [0.29, 0.717) is 5.56 Å². The maximum atomic E-state index is 13.9. The Morgan fingerprint density at radius 2 is 1.58 bits per heavy atom. The van der Waals surface area contributed by atoms with Gasteiger partial charge in [0, 0.05) is 0 Å². The molecule has 156 valence electrons. The molecule has 0 bridgehead atoms. The normalized spacial score (nSPS) is 15.0. The topological polar surface area (TPSA) is 82.0 Å². The third-order valence-corrected chi connectivity index (χ3v) is 5.48. The van der Waals surface area contributed by atoms with Crippen LogP contribution in [0.4, 0.5) is 8.78 Å². The molecule has 3 aromatic carbocycles. The van der Waals surface area contributed by atoms with Crippen molar-refractivity contribution in [3.8, 4) is 5.75 Å². The highest BCUT2D eigenvalue weighted by Gasteiger charge is 2.26. The minimum absolute atomic E-state index is 0.0241. The Morgan fingerprint density at radius 1 is 0.903 bits per heavy atom. The number of esters is 1. The molecule has 0 aliphatic carbocycles. The lowest BCUT2D eigenvalue weighted by Gasteiger charge is -2.07. The molecule has 31 heavy (non-hydrogen) atoms. The van der Waals surface area contributed by atoms with Crippen LogP contribution in [0.3, 0.4) is 0 Å². The van der Waals surface area contributed by atoms with Gasteiger partial charge in [-0.2, -0.15) is 8.42 Å². The Kier molecular flexibility index (Phi) is 5.35. The van der Waals surface area contributed by atoms with Gasteiger partial charge in [0.25, 0.3) is 0 Å². The lowest BCUT2D eigenvalue weighted by molar-refractivity contribution is -0.129. The number of carbonyl (C=O) groups excluding carboxylic acids is 1. The first-order valence-corrected chi connectivity index (χ1v) is 10.3. The molecule has 4 rings (SSSR count). The number of halogens is 2. The molecule has 9 heteroatoms. The van der Waals surface area contributed by atoms with Crippen molar-refractivity contribution in [2.75, 3.05) is 0 Å². The molecule has 0 saturated carbocycles. The van der Waals surface area contributed by atoms with Crippen LogP contribution in [0.25, 0.3) is 6.08 Å². The molecule has 1 heterocycles. The van der Waals surface area contributed by atoms with Crippen LogP contribution >= 0.6 is 0 Å². The number of benzene rings is 3. The molecule has 3 aromatic rings. The van der Waals surface area contributed by atoms with E-state index in [2.05, 4.69) is 4.99 Å². The molecule has 0 aromatic heterocycles. The molecule has 6 nitrogen and oxygen atoms in total. The number of hydrogen-bond donors (Lipinski definition) is 0. The van der Waals surface area contributed by atoms with E-state index < -0.39 is 27.7 Å². The predicted octanol–water partition coefficient (Wildman–Crippen LogP) is 4.08. The highest BCUT2D eigenvalue weighted by atomic mass is 32.2. The molecule has 0 saturated heterocycles. The third-order valence-electron chi connectivity index (χ3n) is 4.22. The summed E-state index contributed by atoms with van der Waals surface area (Å²) in [4.78, 5) is 15.9. The monoisotopic (exact) mass is 441 g/mol. The highest BCUT2D eigenvalue weighted by Crippen LogP contribution is 2.23. The van der Waals surface area contributed by atoms with Gasteiger partial charge < -0.3 is 8.92 Å². The van der Waals surface area contributed by atoms with Gasteiger partial charge in [0.2, 0.25) is 5.90 Å². The second-order valence-corrected chi connectivity index (χ2v) is 7.92. The van der Waals surface area contributed by atoms with Crippen LogP contribution in [-0.4, -0.2) is 20.3 Å². The summed E-state index contributed by atoms with van der Waals surface area (Å²) in [5.41, 5.74) is 0.539. The van der Waals surface area contributed by atoms with Crippen molar-refractivity contribution < 1.29 is 30.9 Å². The molecular formula is C22H13F2NO5S. The van der Waals surface area contributed by atoms with Gasteiger partial charge in [0.05, 0.1) is 5.56 Å². The lowest BCUT2D eigenvalue weighted by Crippen LogP contribution is -2.09. The van der Waals surface area contributed by atoms with Crippen molar-refractivity contribution in [2.24, 2.45) is 4.99 Å². The molecule has 0 atom stereocenters. The second-order valence-electron chi connectivity index (χ2n) is 6.38. The molecule has 0 unspecified atom stereocenters. The summed E-state index contributed by atoms with van der Waals surface area (Å²) in [7, 11) is -4.13. The van der Waals surface area contributed by atoms with Crippen molar-refractivity contribution in [2.45, 2.75) is 4.90 Å². The number of hydrogen-bond acceptors (Lipinski definition) is 6. The maximum absolute atomic E-state index is 13.9. The molecule has 0 fully saturated rings. The second kappa shape index (κ2) is 8.11. The fraction of sp³-hybridized carbons (Fsp3) is 0. The van der Waals surface area contributed by atoms with Crippen LogP contribution in [0, 0.1) is 11.6 Å². The maximum Gasteiger partial charge on any atom is 0.363 e. The summed E-state index contributed by atoms with van der Waals surface area (Å²) in [6.07, 6.45) is 1.41. The van der Waals surface area contributed by atoms with Gasteiger partial charge in [-0.25, -0.2) is 18.6 Å². The van der Waals surface area contributed by atoms with Gasteiger partial charge in [-0.05, 0) is 60.2 Å². The van der Waals surface area contributed by atoms with E-state index in [4.69, 9.17) is 8.92 Å². The largest absolute Gasteiger partial charge is 0.402 e. The summed E-state index contributed by atoms with van der Waals surface area (Å²) >= 11 is 0. The molecule has 1 aliphatic heterocycles. The highest BCUT2D eigenvalue weighted by molar-refractivity contribution is 7.87. The van der Waals surface area contributed by atoms with Gasteiger partial charge in [0.1, 0.15) is 22.3 Å². The Hall–Kier alpha value is -3.85. The zero-order valence-electron chi connectivity index (χ0n) is 15.7. The number of carbonyl (C=O) groups is 1. The SMILES string of the molecule is O=C1OC(c2ccccc2F)=NC1=Cc1ccc(OS(=O)(=O)c2ccc(F)cc2)cc1. The Labute approximate surface area is 176 Å². The summed E-state index contributed by atoms with van der Waals surface area (Å²) < 4.78 is 61.4. The van der Waals surface area contributed by atoms with E-state index in [9.17, 15) is 22.0 Å². The number of ether oxygens (including phenoxy) is 1. The number of aliphatic imine (C=N–C) groups is 1. The zero-order valence-corrected chi connectivity index (χ0v) is 16.5. The van der Waals surface area contributed by atoms with Gasteiger partial charge in [0.15, 0.2) is 5.70 Å². The number of nitrogens with zero attached hydrogens (tertiary/aromatic N) is 1. The van der Waals surface area contributed by atoms with Crippen molar-refractivity contribution in [3.63, 3.8) is 0 Å². The predicted molar refractivity (Wildman–Crippen MR) is 108 cm³/mol. The minimum atomic E-state index is -4.13. The Morgan fingerprint density at radius 3 is 2.26 bits per heavy atom. The van der Waals surface area contributed by atoms with E-state index in [1.54, 1.807) is 6.07 Å². The summed E-state index contributed by atoms with van der Waals surface area (Å²) in [5.74, 6) is -1.99. The summed E-state index contributed by atoms with van der Waals surface area (Å²) in [5, 5.41) is 0. The van der Waals surface area contributed by atoms with Crippen molar-refractivity contribution in [1.82, 2.24) is 0 Å². The third kappa shape index (κ3) is 4.51. The van der Waals surface area contributed by atoms with Gasteiger partial charge in [-0.3, -0.25) is 0 Å². The lowest BCUT2D eigenvalue weighted by atomic mass is 10.2. The quantitative estimate of drug-likeness (QED) is 0.339. The Balaban J connectivity index is 1.53. The molecule has 1 aliphatic rings. The van der Waals surface area contributed by atoms with E-state index in [-0.39, 0.29) is 27.8 Å². The van der Waals surface area contributed by atoms with Crippen LogP contribution in [0.5, 0.6) is 5.75 Å². The van der Waals surface area contributed by atoms with Crippen molar-refractivity contribution in [1.29, 1.82) is 0 Å². The van der Waals surface area contributed by atoms with E-state index >= 15 is 0 Å². The van der Waals surface area contributed by atoms with Crippen LogP contribution in [0.2, 0.25) is 0 Å². The van der Waals surface area contributed by atoms with Crippen LogP contribution in [0.1, 0.15) is 11.1 Å². The molecule has 0 amide bonds. The summed E-state index contributed by atoms with van der Waals surface area (Å²) in [6, 6.07) is 15.8. The van der Waals surface area contributed by atoms with Gasteiger partial charge in [-0.1, -0.05) is 24.3 Å². The van der Waals surface area contributed by atoms with Crippen LogP contribution < -0.4 is 4.18 Å². The smallest absolute Gasteiger partial charge is 0.363 e. The molecule has 0 spiro atoms. The first-order valence-electron chi connectivity index (χ1n) is 8.89. The standard InChI is InChI=1S/C22H13F2NO5S/c23-15-7-11-17(12-8-15)31(27,28)30-16-9-5-14(6-10-16)13-20-22(26)29-21(25-20)18-3-1-2-4-19(18)24/h1-13H. The van der Waals surface area contributed by atoms with Gasteiger partial charge >= 0.3 is 16.1 Å². The van der Waals surface area contributed by atoms with Crippen LogP contribution in [0.15, 0.2) is 88.4 Å². The first kappa shape index (κ1) is 20.4. The average Bonchev–Trinajstić information content (AvgIpc) is 3.10. The first-order chi connectivity index (χ1) is 14.8. The average molecular weight is 441 g/mol. The number of rotatable bonds is 5. The van der Waals surface area contributed by atoms with E-state index in [0.717, 1.165) is 24.3 Å². The molecule has 0 N–H and O–H groups in total. The van der Waals surface area contributed by atoms with Gasteiger partial charge in [-0.15, -0.1) is 0 Å². The zero-order chi connectivity index (χ0) is 22.0. The van der Waals surface area contributed by atoms with Crippen LogP contribution in [-0.2, 0) is 19.6 Å². The molecule has 0 radical (unpaired) electrons. The number of cyclic esters (lactones) is 1. The minimum Gasteiger partial charge on any atom is -0.402 e. The van der Waals surface area contributed by atoms with Crippen molar-refractivity contribution in [3.05, 3.63) is 101 Å². The van der Waals surface area contributed by atoms with E-state index in [1.165, 1.54) is 48.5 Å².